The lowest BCUT2D eigenvalue weighted by molar-refractivity contribution is 0.573. The second-order valence-corrected chi connectivity index (χ2v) is 6.24. The Balaban J connectivity index is 1.83. The summed E-state index contributed by atoms with van der Waals surface area (Å²) in [6.07, 6.45) is 3.78. The lowest BCUT2D eigenvalue weighted by Crippen LogP contribution is -2.30. The molecule has 0 radical (unpaired) electrons. The van der Waals surface area contributed by atoms with Crippen molar-refractivity contribution in [2.24, 2.45) is 0 Å². The van der Waals surface area contributed by atoms with Crippen LogP contribution in [0.1, 0.15) is 30.5 Å². The monoisotopic (exact) mass is 316 g/mol. The number of rotatable bonds is 3. The molecule has 116 valence electrons. The van der Waals surface area contributed by atoms with Crippen LogP contribution in [0, 0.1) is 13.8 Å². The Morgan fingerprint density at radius 1 is 1.05 bits per heavy atom. The summed E-state index contributed by atoms with van der Waals surface area (Å²) in [5.74, 6) is 1.63. The first-order valence-corrected chi connectivity index (χ1v) is 8.13. The van der Waals surface area contributed by atoms with Gasteiger partial charge in [-0.3, -0.25) is 0 Å². The highest BCUT2D eigenvalue weighted by Gasteiger charge is 2.14. The third-order valence-electron chi connectivity index (χ3n) is 3.95. The van der Waals surface area contributed by atoms with E-state index in [1.54, 1.807) is 0 Å². The van der Waals surface area contributed by atoms with E-state index in [1.807, 2.05) is 32.0 Å². The summed E-state index contributed by atoms with van der Waals surface area (Å²) in [5, 5.41) is 4.00. The minimum atomic E-state index is 0.625. The minimum absolute atomic E-state index is 0.625. The molecule has 22 heavy (non-hydrogen) atoms. The molecule has 1 aliphatic rings. The van der Waals surface area contributed by atoms with Gasteiger partial charge in [0, 0.05) is 35.6 Å². The van der Waals surface area contributed by atoms with Crippen LogP contribution in [0.5, 0.6) is 0 Å². The van der Waals surface area contributed by atoms with Crippen LogP contribution in [0.3, 0.4) is 0 Å². The summed E-state index contributed by atoms with van der Waals surface area (Å²) >= 11 is 6.18. The molecule has 2 aromatic rings. The normalized spacial score (nSPS) is 15.0. The van der Waals surface area contributed by atoms with Crippen LogP contribution in [0.25, 0.3) is 0 Å². The van der Waals surface area contributed by atoms with Crippen molar-refractivity contribution in [1.29, 1.82) is 0 Å². The van der Waals surface area contributed by atoms with Crippen molar-refractivity contribution in [1.82, 2.24) is 9.97 Å². The molecule has 1 N–H and O–H groups in total. The summed E-state index contributed by atoms with van der Waals surface area (Å²) in [4.78, 5) is 11.5. The van der Waals surface area contributed by atoms with Crippen LogP contribution in [0.15, 0.2) is 24.3 Å². The number of nitrogens with one attached hydrogen (secondary N) is 1. The van der Waals surface area contributed by atoms with Gasteiger partial charge in [-0.05, 0) is 50.8 Å². The first kappa shape index (κ1) is 15.1. The fourth-order valence-electron chi connectivity index (χ4n) is 2.69. The van der Waals surface area contributed by atoms with Crippen LogP contribution in [-0.2, 0) is 0 Å². The predicted molar refractivity (Wildman–Crippen MR) is 92.3 cm³/mol. The largest absolute Gasteiger partial charge is 0.356 e. The van der Waals surface area contributed by atoms with Gasteiger partial charge in [0.05, 0.1) is 0 Å². The van der Waals surface area contributed by atoms with Crippen LogP contribution in [0.4, 0.5) is 17.5 Å². The van der Waals surface area contributed by atoms with E-state index in [4.69, 9.17) is 11.6 Å². The molecule has 2 heterocycles. The number of aromatic nitrogens is 2. The number of hydrogen-bond donors (Lipinski definition) is 1. The standard InChI is InChI=1S/C17H21ClN4/c1-12-6-7-14(11-15(12)18)20-17-19-13(2)10-16(21-17)22-8-4-3-5-9-22/h6-7,10-11H,3-5,8-9H2,1-2H3,(H,19,20,21). The first-order valence-electron chi connectivity index (χ1n) is 7.75. The predicted octanol–water partition coefficient (Wildman–Crippen LogP) is 4.48. The van der Waals surface area contributed by atoms with Crippen molar-refractivity contribution in [3.8, 4) is 0 Å². The van der Waals surface area contributed by atoms with Crippen molar-refractivity contribution in [3.05, 3.63) is 40.5 Å². The number of anilines is 3. The van der Waals surface area contributed by atoms with Gasteiger partial charge < -0.3 is 10.2 Å². The van der Waals surface area contributed by atoms with Gasteiger partial charge in [0.15, 0.2) is 0 Å². The van der Waals surface area contributed by atoms with Gasteiger partial charge in [-0.2, -0.15) is 4.98 Å². The maximum atomic E-state index is 6.18. The van der Waals surface area contributed by atoms with E-state index in [-0.39, 0.29) is 0 Å². The van der Waals surface area contributed by atoms with Crippen molar-refractivity contribution in [3.63, 3.8) is 0 Å². The topological polar surface area (TPSA) is 41.1 Å². The van der Waals surface area contributed by atoms with Crippen molar-refractivity contribution < 1.29 is 0 Å². The number of nitrogens with zero attached hydrogens (tertiary/aromatic N) is 3. The molecule has 1 fully saturated rings. The van der Waals surface area contributed by atoms with E-state index >= 15 is 0 Å². The molecule has 0 aliphatic carbocycles. The lowest BCUT2D eigenvalue weighted by atomic mass is 10.1. The van der Waals surface area contributed by atoms with Gasteiger partial charge in [-0.1, -0.05) is 17.7 Å². The minimum Gasteiger partial charge on any atom is -0.356 e. The maximum absolute atomic E-state index is 6.18. The third kappa shape index (κ3) is 3.50. The molecule has 0 unspecified atom stereocenters. The molecule has 4 nitrogen and oxygen atoms in total. The Morgan fingerprint density at radius 2 is 1.82 bits per heavy atom. The van der Waals surface area contributed by atoms with Crippen molar-refractivity contribution >= 4 is 29.1 Å². The number of piperidine rings is 1. The molecular formula is C17H21ClN4. The molecule has 0 atom stereocenters. The van der Waals surface area contributed by atoms with Crippen LogP contribution in [-0.4, -0.2) is 23.1 Å². The first-order chi connectivity index (χ1) is 10.6. The highest BCUT2D eigenvalue weighted by Crippen LogP contribution is 2.24. The number of halogens is 1. The number of benzene rings is 1. The number of aryl methyl sites for hydroxylation is 2. The highest BCUT2D eigenvalue weighted by molar-refractivity contribution is 6.31. The molecule has 3 rings (SSSR count). The molecule has 0 spiro atoms. The van der Waals surface area contributed by atoms with E-state index < -0.39 is 0 Å². The zero-order valence-electron chi connectivity index (χ0n) is 13.1. The van der Waals surface area contributed by atoms with Gasteiger partial charge in [0.1, 0.15) is 5.82 Å². The van der Waals surface area contributed by atoms with Crippen LogP contribution < -0.4 is 10.2 Å². The Labute approximate surface area is 136 Å². The van der Waals surface area contributed by atoms with Crippen LogP contribution >= 0.6 is 11.6 Å². The van der Waals surface area contributed by atoms with E-state index in [0.717, 1.165) is 40.9 Å². The molecule has 1 aromatic heterocycles. The molecule has 5 heteroatoms. The maximum Gasteiger partial charge on any atom is 0.229 e. The van der Waals surface area contributed by atoms with E-state index in [2.05, 4.69) is 26.3 Å². The zero-order valence-corrected chi connectivity index (χ0v) is 13.8. The summed E-state index contributed by atoms with van der Waals surface area (Å²) < 4.78 is 0. The summed E-state index contributed by atoms with van der Waals surface area (Å²) in [6, 6.07) is 7.95. The smallest absolute Gasteiger partial charge is 0.229 e. The van der Waals surface area contributed by atoms with E-state index in [0.29, 0.717) is 5.95 Å². The van der Waals surface area contributed by atoms with Gasteiger partial charge in [-0.25, -0.2) is 4.98 Å². The average molecular weight is 317 g/mol. The quantitative estimate of drug-likeness (QED) is 0.906. The third-order valence-corrected chi connectivity index (χ3v) is 4.36. The Morgan fingerprint density at radius 3 is 2.55 bits per heavy atom. The molecule has 0 amide bonds. The Bertz CT molecular complexity index is 666. The van der Waals surface area contributed by atoms with Gasteiger partial charge in [0.25, 0.3) is 0 Å². The van der Waals surface area contributed by atoms with Gasteiger partial charge in [0.2, 0.25) is 5.95 Å². The second-order valence-electron chi connectivity index (χ2n) is 5.83. The van der Waals surface area contributed by atoms with E-state index in [9.17, 15) is 0 Å². The van der Waals surface area contributed by atoms with Crippen molar-refractivity contribution in [2.75, 3.05) is 23.3 Å². The molecule has 1 aromatic carbocycles. The van der Waals surface area contributed by atoms with E-state index in [1.165, 1.54) is 19.3 Å². The van der Waals surface area contributed by atoms with Gasteiger partial charge >= 0.3 is 0 Å². The Hall–Kier alpha value is -1.81. The second kappa shape index (κ2) is 6.53. The van der Waals surface area contributed by atoms with Crippen LogP contribution in [0.2, 0.25) is 5.02 Å². The van der Waals surface area contributed by atoms with Crippen molar-refractivity contribution in [2.45, 2.75) is 33.1 Å². The fourth-order valence-corrected chi connectivity index (χ4v) is 2.87. The molecule has 1 saturated heterocycles. The fraction of sp³-hybridized carbons (Fsp3) is 0.412. The molecular weight excluding hydrogens is 296 g/mol. The lowest BCUT2D eigenvalue weighted by Gasteiger charge is -2.28. The number of hydrogen-bond acceptors (Lipinski definition) is 4. The summed E-state index contributed by atoms with van der Waals surface area (Å²) in [7, 11) is 0. The summed E-state index contributed by atoms with van der Waals surface area (Å²) in [6.45, 7) is 6.14. The summed E-state index contributed by atoms with van der Waals surface area (Å²) in [5.41, 5.74) is 2.94. The molecule has 0 bridgehead atoms. The highest BCUT2D eigenvalue weighted by atomic mass is 35.5. The molecule has 1 aliphatic heterocycles. The van der Waals surface area contributed by atoms with Gasteiger partial charge in [-0.15, -0.1) is 0 Å². The zero-order chi connectivity index (χ0) is 15.5. The average Bonchev–Trinajstić information content (AvgIpc) is 2.51. The molecule has 0 saturated carbocycles. The Kier molecular flexibility index (Phi) is 4.48. The SMILES string of the molecule is Cc1cc(N2CCCCC2)nc(Nc2ccc(C)c(Cl)c2)n1.